The van der Waals surface area contributed by atoms with E-state index in [0.29, 0.717) is 34.7 Å². The number of carbonyl (C=O) groups excluding carboxylic acids is 3. The highest BCUT2D eigenvalue weighted by Crippen LogP contribution is 2.37. The van der Waals surface area contributed by atoms with E-state index in [1.807, 2.05) is 13.0 Å². The lowest BCUT2D eigenvalue weighted by Crippen LogP contribution is -2.35. The van der Waals surface area contributed by atoms with E-state index in [2.05, 4.69) is 10.6 Å². The van der Waals surface area contributed by atoms with Crippen molar-refractivity contribution in [1.82, 2.24) is 5.32 Å². The molecule has 160 valence electrons. The van der Waals surface area contributed by atoms with Crippen LogP contribution in [-0.4, -0.2) is 31.4 Å². The van der Waals surface area contributed by atoms with Gasteiger partial charge in [0.2, 0.25) is 5.91 Å². The smallest absolute Gasteiger partial charge is 0.264 e. The number of aryl methyl sites for hydroxylation is 1. The fourth-order valence-electron chi connectivity index (χ4n) is 3.82. The van der Waals surface area contributed by atoms with Gasteiger partial charge in [-0.3, -0.25) is 14.4 Å². The Labute approximate surface area is 178 Å². The first kappa shape index (κ1) is 20.6. The molecule has 0 fully saturated rings. The zero-order valence-corrected chi connectivity index (χ0v) is 17.2. The van der Waals surface area contributed by atoms with Crippen molar-refractivity contribution in [1.29, 1.82) is 0 Å². The Morgan fingerprint density at radius 2 is 2.10 bits per heavy atom. The Morgan fingerprint density at radius 3 is 2.84 bits per heavy atom. The van der Waals surface area contributed by atoms with Crippen LogP contribution < -0.4 is 20.3 Å². The molecular weight excluding hydrogens is 401 g/mol. The third kappa shape index (κ3) is 4.01. The van der Waals surface area contributed by atoms with Crippen LogP contribution in [0.25, 0.3) is 0 Å². The Bertz CT molecular complexity index is 1110. The summed E-state index contributed by atoms with van der Waals surface area (Å²) in [6.07, 6.45) is 2.05. The summed E-state index contributed by atoms with van der Waals surface area (Å²) >= 11 is 0. The molecular formula is C23H22FN3O4. The number of rotatable bonds is 4. The van der Waals surface area contributed by atoms with Crippen LogP contribution in [0.15, 0.2) is 48.2 Å². The number of nitrogens with one attached hydrogen (secondary N) is 2. The fourth-order valence-corrected chi connectivity index (χ4v) is 3.82. The summed E-state index contributed by atoms with van der Waals surface area (Å²) < 4.78 is 19.3. The summed E-state index contributed by atoms with van der Waals surface area (Å²) in [6, 6.07) is 9.42. The van der Waals surface area contributed by atoms with Crippen molar-refractivity contribution in [3.8, 4) is 5.75 Å². The molecule has 1 atom stereocenters. The van der Waals surface area contributed by atoms with Crippen molar-refractivity contribution in [3.63, 3.8) is 0 Å². The number of hydrogen-bond donors (Lipinski definition) is 2. The zero-order valence-electron chi connectivity index (χ0n) is 17.2. The van der Waals surface area contributed by atoms with Gasteiger partial charge in [0.05, 0.1) is 5.69 Å². The second-order valence-electron chi connectivity index (χ2n) is 7.51. The number of ether oxygens (including phenoxy) is 1. The summed E-state index contributed by atoms with van der Waals surface area (Å²) in [6.45, 7) is 1.92. The first-order chi connectivity index (χ1) is 14.9. The van der Waals surface area contributed by atoms with Crippen molar-refractivity contribution >= 4 is 29.1 Å². The van der Waals surface area contributed by atoms with Gasteiger partial charge < -0.3 is 20.3 Å². The molecule has 2 aliphatic heterocycles. The van der Waals surface area contributed by atoms with Gasteiger partial charge in [-0.25, -0.2) is 4.39 Å². The third-order valence-corrected chi connectivity index (χ3v) is 5.57. The number of likely N-dealkylation sites (N-methyl/N-ethyl adjacent to an activating group) is 1. The molecule has 0 aromatic heterocycles. The molecule has 0 bridgehead atoms. The molecule has 8 heteroatoms. The highest BCUT2D eigenvalue weighted by molar-refractivity contribution is 6.07. The van der Waals surface area contributed by atoms with E-state index in [0.717, 1.165) is 5.56 Å². The van der Waals surface area contributed by atoms with Gasteiger partial charge in [-0.15, -0.1) is 0 Å². The molecule has 7 nitrogen and oxygen atoms in total. The van der Waals surface area contributed by atoms with E-state index < -0.39 is 17.6 Å². The maximum atomic E-state index is 13.8. The molecule has 0 saturated carbocycles. The van der Waals surface area contributed by atoms with Crippen LogP contribution in [0.4, 0.5) is 15.8 Å². The number of anilines is 2. The van der Waals surface area contributed by atoms with Gasteiger partial charge in [-0.2, -0.15) is 0 Å². The third-order valence-electron chi connectivity index (χ3n) is 5.57. The minimum absolute atomic E-state index is 0.0275. The Balaban J connectivity index is 1.66. The number of benzene rings is 2. The van der Waals surface area contributed by atoms with Crippen LogP contribution in [0.2, 0.25) is 0 Å². The van der Waals surface area contributed by atoms with Crippen LogP contribution in [0.5, 0.6) is 5.75 Å². The summed E-state index contributed by atoms with van der Waals surface area (Å²) in [5.74, 6) is -1.25. The lowest BCUT2D eigenvalue weighted by atomic mass is 9.86. The summed E-state index contributed by atoms with van der Waals surface area (Å²) in [5.41, 5.74) is 2.84. The van der Waals surface area contributed by atoms with Crippen LogP contribution in [0.3, 0.4) is 0 Å². The maximum Gasteiger partial charge on any atom is 0.264 e. The minimum Gasteiger partial charge on any atom is -0.482 e. The molecule has 0 aliphatic carbocycles. The lowest BCUT2D eigenvalue weighted by molar-refractivity contribution is -0.121. The number of fused-ring (bicyclic) bond motifs is 1. The molecule has 4 rings (SSSR count). The monoisotopic (exact) mass is 423 g/mol. The first-order valence-corrected chi connectivity index (χ1v) is 10.00. The van der Waals surface area contributed by atoms with Crippen LogP contribution in [0, 0.1) is 5.82 Å². The normalized spacial score (nSPS) is 18.0. The van der Waals surface area contributed by atoms with Crippen LogP contribution in [0.1, 0.15) is 30.4 Å². The molecule has 0 saturated heterocycles. The maximum absolute atomic E-state index is 13.8. The molecule has 0 spiro atoms. The Morgan fingerprint density at radius 1 is 1.29 bits per heavy atom. The molecule has 0 radical (unpaired) electrons. The quantitative estimate of drug-likeness (QED) is 0.792. The number of halogens is 1. The van der Waals surface area contributed by atoms with E-state index in [-0.39, 0.29) is 24.8 Å². The topological polar surface area (TPSA) is 87.7 Å². The molecule has 0 unspecified atom stereocenters. The largest absolute Gasteiger partial charge is 0.482 e. The molecule has 2 aliphatic rings. The van der Waals surface area contributed by atoms with Crippen LogP contribution in [-0.2, 0) is 20.8 Å². The number of nitrogens with zero attached hydrogens (tertiary/aromatic N) is 1. The average Bonchev–Trinajstić information content (AvgIpc) is 2.76. The van der Waals surface area contributed by atoms with Crippen molar-refractivity contribution < 1.29 is 23.5 Å². The van der Waals surface area contributed by atoms with E-state index in [4.69, 9.17) is 4.74 Å². The fraction of sp³-hybridized carbons (Fsp3) is 0.261. The van der Waals surface area contributed by atoms with Gasteiger partial charge in [0.15, 0.2) is 6.61 Å². The van der Waals surface area contributed by atoms with Gasteiger partial charge in [-0.05, 0) is 41.8 Å². The second kappa shape index (κ2) is 8.22. The van der Waals surface area contributed by atoms with Crippen molar-refractivity contribution in [2.24, 2.45) is 0 Å². The van der Waals surface area contributed by atoms with Crippen molar-refractivity contribution in [2.45, 2.75) is 25.7 Å². The van der Waals surface area contributed by atoms with Gasteiger partial charge in [0.1, 0.15) is 11.6 Å². The summed E-state index contributed by atoms with van der Waals surface area (Å²) in [5, 5.41) is 5.48. The SMILES string of the molecule is CCc1cc2c(cc1NC(=O)C1=CNC(=O)C[C@H]1c1cccc(F)c1)N(C)C(=O)CO2. The molecule has 2 aromatic carbocycles. The van der Waals surface area contributed by atoms with Crippen molar-refractivity contribution in [2.75, 3.05) is 23.9 Å². The number of carbonyl (C=O) groups is 3. The van der Waals surface area contributed by atoms with Gasteiger partial charge in [-0.1, -0.05) is 19.1 Å². The number of hydrogen-bond acceptors (Lipinski definition) is 4. The van der Waals surface area contributed by atoms with E-state index >= 15 is 0 Å². The standard InChI is InChI=1S/C23H22FN3O4/c1-3-13-8-20-19(27(2)22(29)12-31-20)10-18(13)26-23(30)17-11-25-21(28)9-16(17)14-5-4-6-15(24)7-14/h4-8,10-11,16H,3,9,12H2,1-2H3,(H,25,28)(H,26,30)/t16-/m0/s1. The highest BCUT2D eigenvalue weighted by Gasteiger charge is 2.30. The molecule has 31 heavy (non-hydrogen) atoms. The lowest BCUT2D eigenvalue weighted by Gasteiger charge is -2.28. The van der Waals surface area contributed by atoms with Gasteiger partial charge >= 0.3 is 0 Å². The zero-order chi connectivity index (χ0) is 22.1. The molecule has 3 amide bonds. The molecule has 2 N–H and O–H groups in total. The molecule has 2 heterocycles. The first-order valence-electron chi connectivity index (χ1n) is 10.00. The number of amides is 3. The van der Waals surface area contributed by atoms with E-state index in [9.17, 15) is 18.8 Å². The summed E-state index contributed by atoms with van der Waals surface area (Å²) in [7, 11) is 1.65. The highest BCUT2D eigenvalue weighted by atomic mass is 19.1. The Hall–Kier alpha value is -3.68. The molecule has 2 aromatic rings. The van der Waals surface area contributed by atoms with Gasteiger partial charge in [0.25, 0.3) is 11.8 Å². The van der Waals surface area contributed by atoms with Crippen LogP contribution >= 0.6 is 0 Å². The average molecular weight is 423 g/mol. The Kier molecular flexibility index (Phi) is 5.46. The van der Waals surface area contributed by atoms with Crippen molar-refractivity contribution in [3.05, 3.63) is 65.1 Å². The van der Waals surface area contributed by atoms with E-state index in [1.54, 1.807) is 25.2 Å². The van der Waals surface area contributed by atoms with E-state index in [1.165, 1.54) is 23.2 Å². The minimum atomic E-state index is -0.570. The second-order valence-corrected chi connectivity index (χ2v) is 7.51. The summed E-state index contributed by atoms with van der Waals surface area (Å²) in [4.78, 5) is 38.6. The van der Waals surface area contributed by atoms with Gasteiger partial charge in [0, 0.05) is 36.8 Å². The predicted octanol–water partition coefficient (Wildman–Crippen LogP) is 2.87. The predicted molar refractivity (Wildman–Crippen MR) is 113 cm³/mol.